The molecule has 1 heterocycles. The van der Waals surface area contributed by atoms with Gasteiger partial charge in [0.1, 0.15) is 5.52 Å². The molecule has 0 saturated heterocycles. The number of rotatable bonds is 9. The summed E-state index contributed by atoms with van der Waals surface area (Å²) in [6.07, 6.45) is 0. The molecular formula is C17H27N5O2S. The fourth-order valence-electron chi connectivity index (χ4n) is 3.02. The zero-order valence-electron chi connectivity index (χ0n) is 15.4. The van der Waals surface area contributed by atoms with E-state index >= 15 is 0 Å². The van der Waals surface area contributed by atoms with Crippen molar-refractivity contribution in [1.82, 2.24) is 18.9 Å². The number of hydrogen-bond acceptors (Lipinski definition) is 5. The molecular weight excluding hydrogens is 338 g/mol. The van der Waals surface area contributed by atoms with Crippen LogP contribution in [0.25, 0.3) is 11.0 Å². The second kappa shape index (κ2) is 8.55. The van der Waals surface area contributed by atoms with E-state index < -0.39 is 0 Å². The number of nitro benzene ring substituents is 1. The van der Waals surface area contributed by atoms with Gasteiger partial charge in [0.2, 0.25) is 0 Å². The second-order valence-electron chi connectivity index (χ2n) is 5.93. The van der Waals surface area contributed by atoms with E-state index in [1.807, 2.05) is 15.2 Å². The third-order valence-corrected chi connectivity index (χ3v) is 5.13. The molecule has 2 rings (SSSR count). The highest BCUT2D eigenvalue weighted by Gasteiger charge is 2.22. The van der Waals surface area contributed by atoms with E-state index in [0.29, 0.717) is 23.6 Å². The summed E-state index contributed by atoms with van der Waals surface area (Å²) in [5.74, 6) is 0. The van der Waals surface area contributed by atoms with Crippen LogP contribution in [0.1, 0.15) is 27.7 Å². The lowest BCUT2D eigenvalue weighted by Crippen LogP contribution is -2.27. The van der Waals surface area contributed by atoms with Crippen molar-refractivity contribution in [2.45, 2.75) is 41.0 Å². The minimum absolute atomic E-state index is 0.106. The van der Waals surface area contributed by atoms with Crippen LogP contribution in [0.3, 0.4) is 0 Å². The van der Waals surface area contributed by atoms with Crippen LogP contribution in [0.5, 0.6) is 0 Å². The Morgan fingerprint density at radius 1 is 1.00 bits per heavy atom. The van der Waals surface area contributed by atoms with Crippen LogP contribution in [-0.2, 0) is 13.3 Å². The molecule has 138 valence electrons. The maximum absolute atomic E-state index is 11.6. The molecule has 0 amide bonds. The van der Waals surface area contributed by atoms with Crippen molar-refractivity contribution in [2.24, 2.45) is 0 Å². The highest BCUT2D eigenvalue weighted by molar-refractivity contribution is 7.71. The Kier molecular flexibility index (Phi) is 6.69. The van der Waals surface area contributed by atoms with Crippen LogP contribution in [0.15, 0.2) is 18.2 Å². The Balaban J connectivity index is 2.70. The van der Waals surface area contributed by atoms with Gasteiger partial charge in [0.25, 0.3) is 5.69 Å². The molecule has 0 unspecified atom stereocenters. The highest BCUT2D eigenvalue weighted by Crippen LogP contribution is 2.28. The largest absolute Gasteiger partial charge is 0.303 e. The first-order valence-electron chi connectivity index (χ1n) is 8.79. The lowest BCUT2D eigenvalue weighted by molar-refractivity contribution is -0.383. The summed E-state index contributed by atoms with van der Waals surface area (Å²) in [4.78, 5) is 15.7. The van der Waals surface area contributed by atoms with Gasteiger partial charge in [-0.2, -0.15) is 0 Å². The van der Waals surface area contributed by atoms with Crippen molar-refractivity contribution in [2.75, 3.05) is 26.2 Å². The summed E-state index contributed by atoms with van der Waals surface area (Å²) in [6.45, 7) is 13.1. The van der Waals surface area contributed by atoms with E-state index in [4.69, 9.17) is 12.2 Å². The number of hydrogen-bond donors (Lipinski definition) is 0. The first-order valence-corrected chi connectivity index (χ1v) is 9.20. The SMILES string of the molecule is CCN(CC)Cn1c(=S)n(CN(CC)CC)c2c([N+](=O)[O-])cccc21. The molecule has 0 atom stereocenters. The topological polar surface area (TPSA) is 59.5 Å². The molecule has 1 aromatic carbocycles. The van der Waals surface area contributed by atoms with E-state index in [1.54, 1.807) is 12.1 Å². The summed E-state index contributed by atoms with van der Waals surface area (Å²) in [5, 5.41) is 11.6. The monoisotopic (exact) mass is 365 g/mol. The van der Waals surface area contributed by atoms with Gasteiger partial charge in [0.15, 0.2) is 4.77 Å². The number of nitro groups is 1. The molecule has 0 N–H and O–H groups in total. The van der Waals surface area contributed by atoms with Gasteiger partial charge in [-0.25, -0.2) is 0 Å². The first kappa shape index (κ1) is 19.6. The molecule has 0 fully saturated rings. The van der Waals surface area contributed by atoms with Gasteiger partial charge in [0.05, 0.1) is 23.8 Å². The average Bonchev–Trinajstić information content (AvgIpc) is 2.88. The van der Waals surface area contributed by atoms with Crippen molar-refractivity contribution >= 4 is 28.9 Å². The van der Waals surface area contributed by atoms with Crippen LogP contribution in [0, 0.1) is 14.9 Å². The maximum Gasteiger partial charge on any atom is 0.295 e. The molecule has 7 nitrogen and oxygen atoms in total. The van der Waals surface area contributed by atoms with Crippen LogP contribution in [0.4, 0.5) is 5.69 Å². The molecule has 2 aromatic rings. The van der Waals surface area contributed by atoms with E-state index in [0.717, 1.165) is 31.7 Å². The fraction of sp³-hybridized carbons (Fsp3) is 0.588. The third kappa shape index (κ3) is 3.91. The summed E-state index contributed by atoms with van der Waals surface area (Å²) < 4.78 is 4.54. The minimum atomic E-state index is -0.322. The number of para-hydroxylation sites is 1. The van der Waals surface area contributed by atoms with Gasteiger partial charge in [-0.15, -0.1) is 0 Å². The maximum atomic E-state index is 11.6. The smallest absolute Gasteiger partial charge is 0.295 e. The molecule has 0 radical (unpaired) electrons. The third-order valence-electron chi connectivity index (χ3n) is 4.68. The Bertz CT molecular complexity index is 790. The minimum Gasteiger partial charge on any atom is -0.303 e. The Morgan fingerprint density at radius 2 is 1.52 bits per heavy atom. The Labute approximate surface area is 153 Å². The standard InChI is InChI=1S/C17H27N5O2S/c1-5-18(6-2)12-20-14-10-9-11-15(22(23)24)16(14)21(17(20)25)13-19(7-3)8-4/h9-11H,5-8,12-13H2,1-4H3. The quantitative estimate of drug-likeness (QED) is 0.385. The van der Waals surface area contributed by atoms with Gasteiger partial charge >= 0.3 is 0 Å². The van der Waals surface area contributed by atoms with Gasteiger partial charge in [-0.05, 0) is 44.5 Å². The number of fused-ring (bicyclic) bond motifs is 1. The van der Waals surface area contributed by atoms with E-state index in [2.05, 4.69) is 37.5 Å². The summed E-state index contributed by atoms with van der Waals surface area (Å²) in [6, 6.07) is 5.20. The number of benzene rings is 1. The summed E-state index contributed by atoms with van der Waals surface area (Å²) in [5.41, 5.74) is 1.53. The zero-order chi connectivity index (χ0) is 18.6. The molecule has 0 aliphatic rings. The van der Waals surface area contributed by atoms with Crippen molar-refractivity contribution in [3.05, 3.63) is 33.1 Å². The Hall–Kier alpha value is -1.77. The number of aromatic nitrogens is 2. The van der Waals surface area contributed by atoms with Crippen molar-refractivity contribution in [3.63, 3.8) is 0 Å². The summed E-state index contributed by atoms with van der Waals surface area (Å²) >= 11 is 5.72. The van der Waals surface area contributed by atoms with Crippen molar-refractivity contribution in [1.29, 1.82) is 0 Å². The van der Waals surface area contributed by atoms with Crippen molar-refractivity contribution in [3.8, 4) is 0 Å². The van der Waals surface area contributed by atoms with Gasteiger partial charge < -0.3 is 4.57 Å². The molecule has 25 heavy (non-hydrogen) atoms. The summed E-state index contributed by atoms with van der Waals surface area (Å²) in [7, 11) is 0. The average molecular weight is 366 g/mol. The molecule has 1 aromatic heterocycles. The normalized spacial score (nSPS) is 11.8. The highest BCUT2D eigenvalue weighted by atomic mass is 32.1. The lowest BCUT2D eigenvalue weighted by atomic mass is 10.2. The zero-order valence-corrected chi connectivity index (χ0v) is 16.3. The van der Waals surface area contributed by atoms with E-state index in [1.165, 1.54) is 0 Å². The molecule has 0 spiro atoms. The number of non-ortho nitro benzene ring substituents is 1. The van der Waals surface area contributed by atoms with Gasteiger partial charge in [-0.1, -0.05) is 33.8 Å². The molecule has 8 heteroatoms. The van der Waals surface area contributed by atoms with E-state index in [9.17, 15) is 10.1 Å². The van der Waals surface area contributed by atoms with Crippen LogP contribution in [0.2, 0.25) is 0 Å². The Morgan fingerprint density at radius 3 is 2.00 bits per heavy atom. The molecule has 0 aliphatic carbocycles. The number of nitrogens with zero attached hydrogens (tertiary/aromatic N) is 5. The van der Waals surface area contributed by atoms with Crippen LogP contribution < -0.4 is 0 Å². The number of imidazole rings is 1. The molecule has 0 saturated carbocycles. The van der Waals surface area contributed by atoms with Crippen LogP contribution >= 0.6 is 12.2 Å². The molecule has 0 aliphatic heterocycles. The molecule has 0 bridgehead atoms. The van der Waals surface area contributed by atoms with Gasteiger partial charge in [0, 0.05) is 6.07 Å². The van der Waals surface area contributed by atoms with E-state index in [-0.39, 0.29) is 10.6 Å². The van der Waals surface area contributed by atoms with Gasteiger partial charge in [-0.3, -0.25) is 24.5 Å². The second-order valence-corrected chi connectivity index (χ2v) is 6.30. The lowest BCUT2D eigenvalue weighted by Gasteiger charge is -2.20. The first-order chi connectivity index (χ1) is 12.0. The van der Waals surface area contributed by atoms with Crippen molar-refractivity contribution < 1.29 is 4.92 Å². The predicted octanol–water partition coefficient (Wildman–Crippen LogP) is 3.68. The fourth-order valence-corrected chi connectivity index (χ4v) is 3.33. The van der Waals surface area contributed by atoms with Crippen LogP contribution in [-0.4, -0.2) is 50.0 Å². The predicted molar refractivity (Wildman–Crippen MR) is 103 cm³/mol.